The fraction of sp³-hybridized carbons (Fsp3) is 0.231. The fourth-order valence-electron chi connectivity index (χ4n) is 4.78. The van der Waals surface area contributed by atoms with Crippen LogP contribution in [-0.4, -0.2) is 46.1 Å². The highest BCUT2D eigenvalue weighted by molar-refractivity contribution is 6.05. The summed E-state index contributed by atoms with van der Waals surface area (Å²) in [4.78, 5) is 8.22. The van der Waals surface area contributed by atoms with E-state index in [9.17, 15) is 5.11 Å². The Labute approximate surface area is 191 Å². The van der Waals surface area contributed by atoms with Gasteiger partial charge in [0.05, 0.1) is 23.9 Å². The Morgan fingerprint density at radius 1 is 0.939 bits per heavy atom. The largest absolute Gasteiger partial charge is 0.497 e. The van der Waals surface area contributed by atoms with E-state index in [1.165, 1.54) is 11.1 Å². The van der Waals surface area contributed by atoms with Gasteiger partial charge in [0.15, 0.2) is 0 Å². The standard InChI is InChI=1S/C26H25N5O2/c1-31-24(26-28-21-11-18-13-27-14-19(18)12-22(21)29-26)25(32)23(30-31)17-5-3-15(4-6-17)16-7-9-20(33-2)10-8-16/h3-12,24-25,27,32H,13-14H2,1-2H3,(H,28,29). The van der Waals surface area contributed by atoms with Crippen molar-refractivity contribution in [3.8, 4) is 16.9 Å². The SMILES string of the molecule is COc1ccc(-c2ccc(C3=NN(C)C(c4nc5cc6c(cc5[nH]4)CNC6)C3O)cc2)cc1. The van der Waals surface area contributed by atoms with Gasteiger partial charge in [-0.3, -0.25) is 5.01 Å². The monoisotopic (exact) mass is 439 g/mol. The molecule has 3 heterocycles. The molecule has 2 atom stereocenters. The molecule has 0 radical (unpaired) electrons. The van der Waals surface area contributed by atoms with Gasteiger partial charge in [0.2, 0.25) is 0 Å². The van der Waals surface area contributed by atoms with Gasteiger partial charge in [-0.2, -0.15) is 5.10 Å². The highest BCUT2D eigenvalue weighted by atomic mass is 16.5. The van der Waals surface area contributed by atoms with Crippen LogP contribution in [0.15, 0.2) is 65.8 Å². The van der Waals surface area contributed by atoms with Gasteiger partial charge in [0.25, 0.3) is 0 Å². The number of imidazole rings is 1. The van der Waals surface area contributed by atoms with E-state index in [1.54, 1.807) is 12.1 Å². The van der Waals surface area contributed by atoms with Gasteiger partial charge in [0, 0.05) is 25.7 Å². The van der Waals surface area contributed by atoms with Crippen LogP contribution in [0.2, 0.25) is 0 Å². The molecule has 0 saturated heterocycles. The molecule has 0 amide bonds. The van der Waals surface area contributed by atoms with Crippen LogP contribution < -0.4 is 10.1 Å². The summed E-state index contributed by atoms with van der Waals surface area (Å²) < 4.78 is 5.24. The second kappa shape index (κ2) is 7.72. The number of nitrogens with zero attached hydrogens (tertiary/aromatic N) is 3. The molecule has 0 saturated carbocycles. The van der Waals surface area contributed by atoms with Gasteiger partial charge in [-0.25, -0.2) is 4.98 Å². The summed E-state index contributed by atoms with van der Waals surface area (Å²) in [6, 6.07) is 20.0. The van der Waals surface area contributed by atoms with Crippen LogP contribution >= 0.6 is 0 Å². The second-order valence-corrected chi connectivity index (χ2v) is 8.62. The number of H-pyrrole nitrogens is 1. The van der Waals surface area contributed by atoms with Crippen molar-refractivity contribution in [2.75, 3.05) is 14.2 Å². The lowest BCUT2D eigenvalue weighted by Crippen LogP contribution is -2.29. The Morgan fingerprint density at radius 2 is 1.58 bits per heavy atom. The molecule has 2 unspecified atom stereocenters. The number of rotatable bonds is 4. The molecular weight excluding hydrogens is 414 g/mol. The summed E-state index contributed by atoms with van der Waals surface area (Å²) >= 11 is 0. The summed E-state index contributed by atoms with van der Waals surface area (Å²) in [7, 11) is 3.54. The molecule has 3 N–H and O–H groups in total. The molecule has 3 aromatic carbocycles. The van der Waals surface area contributed by atoms with Crippen molar-refractivity contribution in [1.82, 2.24) is 20.3 Å². The highest BCUT2D eigenvalue weighted by Gasteiger charge is 2.38. The minimum Gasteiger partial charge on any atom is -0.497 e. The Bertz CT molecular complexity index is 1320. The number of fused-ring (bicyclic) bond motifs is 2. The first-order chi connectivity index (χ1) is 16.1. The third kappa shape index (κ3) is 3.37. The second-order valence-electron chi connectivity index (χ2n) is 8.62. The number of benzene rings is 3. The minimum absolute atomic E-state index is 0.360. The summed E-state index contributed by atoms with van der Waals surface area (Å²) in [5.41, 5.74) is 8.25. The summed E-state index contributed by atoms with van der Waals surface area (Å²) in [5.74, 6) is 1.56. The maximum Gasteiger partial charge on any atom is 0.136 e. The van der Waals surface area contributed by atoms with Crippen LogP contribution in [0.5, 0.6) is 5.75 Å². The number of methoxy groups -OCH3 is 1. The van der Waals surface area contributed by atoms with Crippen LogP contribution in [0.4, 0.5) is 0 Å². The quantitative estimate of drug-likeness (QED) is 0.453. The first-order valence-electron chi connectivity index (χ1n) is 11.1. The van der Waals surface area contributed by atoms with Crippen LogP contribution in [0.3, 0.4) is 0 Å². The third-order valence-corrected chi connectivity index (χ3v) is 6.58. The van der Waals surface area contributed by atoms with E-state index < -0.39 is 6.10 Å². The van der Waals surface area contributed by atoms with Gasteiger partial charge in [-0.05, 0) is 46.5 Å². The van der Waals surface area contributed by atoms with Gasteiger partial charge < -0.3 is 20.1 Å². The van der Waals surface area contributed by atoms with Crippen molar-refractivity contribution in [1.29, 1.82) is 0 Å². The number of hydrogen-bond acceptors (Lipinski definition) is 6. The number of likely N-dealkylation sites (N-methyl/N-ethyl adjacent to an activating group) is 1. The zero-order valence-corrected chi connectivity index (χ0v) is 18.5. The predicted molar refractivity (Wildman–Crippen MR) is 128 cm³/mol. The Balaban J connectivity index is 1.26. The Morgan fingerprint density at radius 3 is 2.27 bits per heavy atom. The smallest absolute Gasteiger partial charge is 0.136 e. The number of ether oxygens (including phenoxy) is 1. The number of aliphatic hydroxyl groups is 1. The van der Waals surface area contributed by atoms with Gasteiger partial charge in [0.1, 0.15) is 23.7 Å². The van der Waals surface area contributed by atoms with Crippen LogP contribution in [0, 0.1) is 0 Å². The summed E-state index contributed by atoms with van der Waals surface area (Å²) in [6.07, 6.45) is -0.782. The maximum atomic E-state index is 11.2. The van der Waals surface area contributed by atoms with E-state index >= 15 is 0 Å². The molecule has 1 aromatic heterocycles. The maximum absolute atomic E-state index is 11.2. The molecule has 33 heavy (non-hydrogen) atoms. The average molecular weight is 440 g/mol. The zero-order chi connectivity index (χ0) is 22.5. The van der Waals surface area contributed by atoms with Crippen molar-refractivity contribution in [3.05, 3.63) is 83.2 Å². The summed E-state index contributed by atoms with van der Waals surface area (Å²) in [6.45, 7) is 1.75. The van der Waals surface area contributed by atoms with Crippen molar-refractivity contribution >= 4 is 16.7 Å². The molecule has 4 aromatic rings. The minimum atomic E-state index is -0.782. The van der Waals surface area contributed by atoms with E-state index in [4.69, 9.17) is 9.72 Å². The molecule has 7 heteroatoms. The number of hydrazone groups is 1. The predicted octanol–water partition coefficient (Wildman–Crippen LogP) is 3.59. The number of hydrogen-bond donors (Lipinski definition) is 3. The van der Waals surface area contributed by atoms with Crippen LogP contribution in [0.25, 0.3) is 22.2 Å². The Kier molecular flexibility index (Phi) is 4.67. The van der Waals surface area contributed by atoms with Crippen molar-refractivity contribution in [3.63, 3.8) is 0 Å². The van der Waals surface area contributed by atoms with Gasteiger partial charge in [-0.1, -0.05) is 36.4 Å². The van der Waals surface area contributed by atoms with Crippen molar-refractivity contribution in [2.24, 2.45) is 5.10 Å². The normalized spacial score (nSPS) is 19.7. The third-order valence-electron chi connectivity index (χ3n) is 6.58. The van der Waals surface area contributed by atoms with E-state index in [0.717, 1.165) is 52.4 Å². The zero-order valence-electron chi connectivity index (χ0n) is 18.5. The van der Waals surface area contributed by atoms with E-state index in [-0.39, 0.29) is 6.04 Å². The molecule has 0 fully saturated rings. The lowest BCUT2D eigenvalue weighted by atomic mass is 9.98. The summed E-state index contributed by atoms with van der Waals surface area (Å²) in [5, 5.41) is 21.0. The van der Waals surface area contributed by atoms with Crippen LogP contribution in [0.1, 0.15) is 28.6 Å². The molecule has 7 nitrogen and oxygen atoms in total. The molecule has 0 spiro atoms. The average Bonchev–Trinajstić information content (AvgIpc) is 3.54. The van der Waals surface area contributed by atoms with Crippen molar-refractivity contribution < 1.29 is 9.84 Å². The number of aliphatic hydroxyl groups excluding tert-OH is 1. The van der Waals surface area contributed by atoms with Gasteiger partial charge in [-0.15, -0.1) is 0 Å². The lowest BCUT2D eigenvalue weighted by molar-refractivity contribution is 0.134. The molecule has 166 valence electrons. The molecule has 0 aliphatic carbocycles. The fourth-order valence-corrected chi connectivity index (χ4v) is 4.78. The topological polar surface area (TPSA) is 85.8 Å². The Hall–Kier alpha value is -3.68. The molecule has 2 aliphatic heterocycles. The highest BCUT2D eigenvalue weighted by Crippen LogP contribution is 2.33. The van der Waals surface area contributed by atoms with E-state index in [0.29, 0.717) is 5.71 Å². The first kappa shape index (κ1) is 20.0. The number of aromatic amines is 1. The lowest BCUT2D eigenvalue weighted by Gasteiger charge is -2.19. The van der Waals surface area contributed by atoms with Gasteiger partial charge >= 0.3 is 0 Å². The molecule has 2 aliphatic rings. The number of aromatic nitrogens is 2. The molecular formula is C26H25N5O2. The molecule has 0 bridgehead atoms. The van der Waals surface area contributed by atoms with Crippen LogP contribution in [-0.2, 0) is 13.1 Å². The van der Waals surface area contributed by atoms with Crippen molar-refractivity contribution in [2.45, 2.75) is 25.2 Å². The molecule has 6 rings (SSSR count). The van der Waals surface area contributed by atoms with E-state index in [2.05, 4.69) is 39.7 Å². The first-order valence-corrected chi connectivity index (χ1v) is 11.1. The van der Waals surface area contributed by atoms with E-state index in [1.807, 2.05) is 43.4 Å². The number of nitrogens with one attached hydrogen (secondary N) is 2.